The predicted octanol–water partition coefficient (Wildman–Crippen LogP) is 2.39. The highest BCUT2D eigenvalue weighted by Gasteiger charge is 2.40. The van der Waals surface area contributed by atoms with E-state index in [9.17, 15) is 5.11 Å². The van der Waals surface area contributed by atoms with E-state index in [1.165, 1.54) is 0 Å². The molecular formula is C20H23N7O2. The Hall–Kier alpha value is -3.20. The third-order valence-electron chi connectivity index (χ3n) is 5.77. The molecule has 1 fully saturated rings. The fourth-order valence-corrected chi connectivity index (χ4v) is 4.28. The van der Waals surface area contributed by atoms with E-state index in [4.69, 9.17) is 10.3 Å². The molecule has 3 aromatic rings. The van der Waals surface area contributed by atoms with Gasteiger partial charge >= 0.3 is 0 Å². The summed E-state index contributed by atoms with van der Waals surface area (Å²) in [5, 5.41) is 19.6. The Morgan fingerprint density at radius 3 is 2.79 bits per heavy atom. The normalized spacial score (nSPS) is 19.0. The molecule has 150 valence electrons. The van der Waals surface area contributed by atoms with Gasteiger partial charge in [-0.25, -0.2) is 4.99 Å². The second-order valence-electron chi connectivity index (χ2n) is 7.63. The van der Waals surface area contributed by atoms with Crippen LogP contribution in [0.4, 0.5) is 5.82 Å². The van der Waals surface area contributed by atoms with Crippen molar-refractivity contribution in [2.45, 2.75) is 37.7 Å². The number of aliphatic hydroxyl groups is 1. The topological polar surface area (TPSA) is 120 Å². The van der Waals surface area contributed by atoms with E-state index in [1.54, 1.807) is 17.9 Å². The van der Waals surface area contributed by atoms with Crippen molar-refractivity contribution in [2.24, 2.45) is 22.8 Å². The zero-order valence-electron chi connectivity index (χ0n) is 16.5. The van der Waals surface area contributed by atoms with Crippen molar-refractivity contribution in [3.8, 4) is 16.9 Å². The van der Waals surface area contributed by atoms with E-state index in [0.717, 1.165) is 41.1 Å². The summed E-state index contributed by atoms with van der Waals surface area (Å²) in [5.74, 6) is 2.05. The average molecular weight is 393 g/mol. The first kappa shape index (κ1) is 17.9. The zero-order valence-corrected chi connectivity index (χ0v) is 16.5. The molecule has 0 radical (unpaired) electrons. The van der Waals surface area contributed by atoms with E-state index in [-0.39, 0.29) is 0 Å². The summed E-state index contributed by atoms with van der Waals surface area (Å²) in [4.78, 5) is 8.52. The van der Waals surface area contributed by atoms with Crippen molar-refractivity contribution >= 4 is 18.4 Å². The lowest BCUT2D eigenvalue weighted by atomic mass is 9.99. The number of nitrogens with two attached hydrogens (primary N) is 1. The van der Waals surface area contributed by atoms with Crippen LogP contribution in [-0.2, 0) is 13.5 Å². The molecule has 29 heavy (non-hydrogen) atoms. The molecule has 0 amide bonds. The molecule has 9 heteroatoms. The lowest BCUT2D eigenvalue weighted by Gasteiger charge is -2.11. The minimum absolute atomic E-state index is 0.334. The largest absolute Gasteiger partial charge is 0.388 e. The second kappa shape index (κ2) is 6.41. The lowest BCUT2D eigenvalue weighted by molar-refractivity contribution is 0.166. The van der Waals surface area contributed by atoms with E-state index in [1.807, 2.05) is 17.8 Å². The monoisotopic (exact) mass is 393 g/mol. The third kappa shape index (κ3) is 2.57. The summed E-state index contributed by atoms with van der Waals surface area (Å²) >= 11 is 0. The molecule has 0 bridgehead atoms. The summed E-state index contributed by atoms with van der Waals surface area (Å²) in [5.41, 5.74) is 11.0. The average Bonchev–Trinajstić information content (AvgIpc) is 3.23. The highest BCUT2D eigenvalue weighted by molar-refractivity contribution is 6.09. The molecule has 2 aliphatic rings. The first-order valence-electron chi connectivity index (χ1n) is 9.69. The van der Waals surface area contributed by atoms with Crippen LogP contribution >= 0.6 is 0 Å². The number of fused-ring (bicyclic) bond motifs is 3. The summed E-state index contributed by atoms with van der Waals surface area (Å²) in [6, 6.07) is 0. The van der Waals surface area contributed by atoms with Gasteiger partial charge in [0.2, 0.25) is 0 Å². The predicted molar refractivity (Wildman–Crippen MR) is 109 cm³/mol. The molecule has 1 unspecified atom stereocenters. The Bertz CT molecular complexity index is 1150. The van der Waals surface area contributed by atoms with Crippen molar-refractivity contribution in [2.75, 3.05) is 7.05 Å². The Morgan fingerprint density at radius 1 is 1.38 bits per heavy atom. The molecular weight excluding hydrogens is 370 g/mol. The zero-order chi connectivity index (χ0) is 20.3. The van der Waals surface area contributed by atoms with Gasteiger partial charge in [0.15, 0.2) is 0 Å². The van der Waals surface area contributed by atoms with Crippen molar-refractivity contribution in [3.63, 3.8) is 0 Å². The van der Waals surface area contributed by atoms with Crippen LogP contribution in [0.1, 0.15) is 53.9 Å². The smallest absolute Gasteiger partial charge is 0.148 e. The van der Waals surface area contributed by atoms with E-state index >= 15 is 0 Å². The number of aryl methyl sites for hydroxylation is 1. The summed E-state index contributed by atoms with van der Waals surface area (Å²) in [7, 11) is 3.50. The number of aromatic nitrogens is 4. The number of aliphatic hydroxyl groups excluding tert-OH is 1. The van der Waals surface area contributed by atoms with Gasteiger partial charge in [0.1, 0.15) is 23.1 Å². The maximum absolute atomic E-state index is 10.9. The van der Waals surface area contributed by atoms with E-state index in [2.05, 4.69) is 27.0 Å². The highest BCUT2D eigenvalue weighted by atomic mass is 16.5. The van der Waals surface area contributed by atoms with Crippen molar-refractivity contribution in [1.29, 1.82) is 0 Å². The number of nitrogens with zero attached hydrogens (tertiary/aromatic N) is 6. The highest BCUT2D eigenvalue weighted by Crippen LogP contribution is 2.50. The van der Waals surface area contributed by atoms with Gasteiger partial charge in [0.25, 0.3) is 0 Å². The van der Waals surface area contributed by atoms with Gasteiger partial charge in [-0.15, -0.1) is 0 Å². The maximum atomic E-state index is 10.9. The van der Waals surface area contributed by atoms with Crippen molar-refractivity contribution in [1.82, 2.24) is 19.5 Å². The number of aliphatic imine (C=N–C) groups is 2. The maximum Gasteiger partial charge on any atom is 0.148 e. The number of hydrogen-bond acceptors (Lipinski definition) is 6. The molecule has 1 atom stereocenters. The molecule has 3 aromatic heterocycles. The number of rotatable bonds is 4. The molecule has 0 spiro atoms. The van der Waals surface area contributed by atoms with Crippen molar-refractivity contribution in [3.05, 3.63) is 35.0 Å². The number of hydrogen-bond donors (Lipinski definition) is 2. The van der Waals surface area contributed by atoms with E-state index < -0.39 is 6.10 Å². The van der Waals surface area contributed by atoms with Gasteiger partial charge in [0.05, 0.1) is 29.1 Å². The molecule has 0 aromatic carbocycles. The van der Waals surface area contributed by atoms with Crippen LogP contribution in [0.25, 0.3) is 16.9 Å². The Morgan fingerprint density at radius 2 is 2.17 bits per heavy atom. The van der Waals surface area contributed by atoms with Gasteiger partial charge in [-0.05, 0) is 32.4 Å². The Kier molecular flexibility index (Phi) is 3.95. The minimum Gasteiger partial charge on any atom is -0.388 e. The molecule has 0 aliphatic heterocycles. The summed E-state index contributed by atoms with van der Waals surface area (Å²) < 4.78 is 9.43. The standard InChI is InChI=1S/C20H23N7O2/c1-22-19(21)16-14-12(27(20(16)23-2)11-8-24-26(3)9-11)6-7-13(28)15-17(14)25-29-18(15)10-4-5-10/h8-10,13,28H,2,4-7H2,1,3H3,(H2,21,22). The number of amidine groups is 1. The van der Waals surface area contributed by atoms with Crippen molar-refractivity contribution < 1.29 is 9.63 Å². The Labute approximate surface area is 167 Å². The summed E-state index contributed by atoms with van der Waals surface area (Å²) in [6.45, 7) is 3.78. The molecule has 3 heterocycles. The molecule has 1 saturated carbocycles. The van der Waals surface area contributed by atoms with E-state index in [0.29, 0.717) is 41.7 Å². The van der Waals surface area contributed by atoms with Crippen LogP contribution < -0.4 is 5.73 Å². The van der Waals surface area contributed by atoms with Crippen LogP contribution in [0, 0.1) is 0 Å². The van der Waals surface area contributed by atoms with Crippen LogP contribution in [0.15, 0.2) is 26.9 Å². The molecule has 2 aliphatic carbocycles. The van der Waals surface area contributed by atoms with Crippen LogP contribution in [0.5, 0.6) is 0 Å². The fraction of sp³-hybridized carbons (Fsp3) is 0.400. The molecule has 5 rings (SSSR count). The van der Waals surface area contributed by atoms with Gasteiger partial charge in [0, 0.05) is 37.5 Å². The Balaban J connectivity index is 1.87. The quantitative estimate of drug-likeness (QED) is 0.521. The SMILES string of the molecule is C=Nc1c(/C(N)=N\C)c2c(n1-c1cnn(C)c1)CCC(O)c1c-2noc1C1CC1. The summed E-state index contributed by atoms with van der Waals surface area (Å²) in [6.07, 6.45) is 6.30. The van der Waals surface area contributed by atoms with Gasteiger partial charge < -0.3 is 15.4 Å². The van der Waals surface area contributed by atoms with Gasteiger partial charge in [-0.3, -0.25) is 14.2 Å². The first-order chi connectivity index (χ1) is 14.0. The van der Waals surface area contributed by atoms with Crippen LogP contribution in [-0.4, -0.2) is 44.2 Å². The fourth-order valence-electron chi connectivity index (χ4n) is 4.28. The van der Waals surface area contributed by atoms with Crippen LogP contribution in [0.2, 0.25) is 0 Å². The molecule has 3 N–H and O–H groups in total. The first-order valence-corrected chi connectivity index (χ1v) is 9.69. The van der Waals surface area contributed by atoms with Gasteiger partial charge in [-0.1, -0.05) is 5.16 Å². The molecule has 9 nitrogen and oxygen atoms in total. The lowest BCUT2D eigenvalue weighted by Crippen LogP contribution is -2.14. The minimum atomic E-state index is -0.644. The van der Waals surface area contributed by atoms with Crippen LogP contribution in [0.3, 0.4) is 0 Å². The second-order valence-corrected chi connectivity index (χ2v) is 7.63. The van der Waals surface area contributed by atoms with Gasteiger partial charge in [-0.2, -0.15) is 5.10 Å². The third-order valence-corrected chi connectivity index (χ3v) is 5.77. The molecule has 0 saturated heterocycles.